The van der Waals surface area contributed by atoms with Gasteiger partial charge in [-0.05, 0) is 172 Å². The number of benzene rings is 1. The number of carbonyl (C=O) groups is 2. The lowest BCUT2D eigenvalue weighted by atomic mass is 9.32. The number of esters is 1. The Hall–Kier alpha value is -2.41. The largest absolute Gasteiger partial charge is 0.456 e. The van der Waals surface area contributed by atoms with E-state index in [-0.39, 0.29) is 50.5 Å². The molecule has 1 aliphatic heterocycles. The molecular weight excluding hydrogens is 691 g/mol. The van der Waals surface area contributed by atoms with Crippen molar-refractivity contribution >= 4 is 27.3 Å². The van der Waals surface area contributed by atoms with Gasteiger partial charge in [0.15, 0.2) is 9.84 Å². The summed E-state index contributed by atoms with van der Waals surface area (Å²) in [4.78, 5) is 28.2. The summed E-state index contributed by atoms with van der Waals surface area (Å²) in [5, 5.41) is 0. The molecule has 5 aliphatic carbocycles. The number of sulfone groups is 1. The first-order valence-electron chi connectivity index (χ1n) is 21.3. The normalized spacial score (nSPS) is 39.6. The Morgan fingerprint density at radius 1 is 0.870 bits per heavy atom. The van der Waals surface area contributed by atoms with E-state index in [0.29, 0.717) is 54.7 Å². The van der Waals surface area contributed by atoms with Crippen LogP contribution < -0.4 is 0 Å². The molecule has 7 rings (SSSR count). The van der Waals surface area contributed by atoms with Crippen LogP contribution in [-0.4, -0.2) is 55.4 Å². The van der Waals surface area contributed by atoms with Gasteiger partial charge in [-0.1, -0.05) is 65.0 Å². The minimum Gasteiger partial charge on any atom is -0.456 e. The summed E-state index contributed by atoms with van der Waals surface area (Å²) in [5.41, 5.74) is 4.89. The molecule has 298 valence electrons. The maximum atomic E-state index is 13.5. The Labute approximate surface area is 327 Å². The van der Waals surface area contributed by atoms with Gasteiger partial charge >= 0.3 is 5.97 Å². The van der Waals surface area contributed by atoms with Gasteiger partial charge in [-0.3, -0.25) is 4.79 Å². The Kier molecular flexibility index (Phi) is 9.83. The molecule has 1 aromatic carbocycles. The quantitative estimate of drug-likeness (QED) is 0.213. The van der Waals surface area contributed by atoms with E-state index in [1.54, 1.807) is 0 Å². The summed E-state index contributed by atoms with van der Waals surface area (Å²) in [7, 11) is -3.02. The second-order valence-electron chi connectivity index (χ2n) is 21.2. The zero-order valence-corrected chi connectivity index (χ0v) is 35.8. The molecule has 4 saturated carbocycles. The maximum absolute atomic E-state index is 13.5. The minimum absolute atomic E-state index is 0.00280. The highest BCUT2D eigenvalue weighted by molar-refractivity contribution is 7.91. The Balaban J connectivity index is 1.13. The smallest absolute Gasteiger partial charge is 0.338 e. The lowest BCUT2D eigenvalue weighted by Crippen LogP contribution is -2.65. The van der Waals surface area contributed by atoms with Crippen LogP contribution in [0.3, 0.4) is 0 Å². The summed E-state index contributed by atoms with van der Waals surface area (Å²) >= 11 is 0. The van der Waals surface area contributed by atoms with Gasteiger partial charge in [0.2, 0.25) is 5.91 Å². The molecule has 1 amide bonds. The van der Waals surface area contributed by atoms with E-state index in [9.17, 15) is 18.0 Å². The minimum atomic E-state index is -3.02. The summed E-state index contributed by atoms with van der Waals surface area (Å²) < 4.78 is 29.8. The predicted octanol–water partition coefficient (Wildman–Crippen LogP) is 10.3. The zero-order chi connectivity index (χ0) is 39.3. The van der Waals surface area contributed by atoms with Crippen LogP contribution in [0.15, 0.2) is 42.5 Å². The van der Waals surface area contributed by atoms with Crippen molar-refractivity contribution in [1.82, 2.24) is 4.90 Å². The van der Waals surface area contributed by atoms with Crippen LogP contribution in [0, 0.1) is 56.7 Å². The van der Waals surface area contributed by atoms with Crippen LogP contribution in [0.25, 0.3) is 5.57 Å². The molecule has 0 unspecified atom stereocenters. The highest BCUT2D eigenvalue weighted by Gasteiger charge is 2.70. The summed E-state index contributed by atoms with van der Waals surface area (Å²) in [5.74, 6) is 2.99. The maximum Gasteiger partial charge on any atom is 0.338 e. The van der Waals surface area contributed by atoms with Gasteiger partial charge in [0.1, 0.15) is 5.60 Å². The second-order valence-corrected chi connectivity index (χ2v) is 23.5. The van der Waals surface area contributed by atoms with E-state index < -0.39 is 15.4 Å². The molecule has 1 heterocycles. The van der Waals surface area contributed by atoms with E-state index in [0.717, 1.165) is 12.8 Å². The fourth-order valence-electron chi connectivity index (χ4n) is 14.4. The Morgan fingerprint density at radius 2 is 1.54 bits per heavy atom. The number of allylic oxidation sites excluding steroid dienone is 3. The summed E-state index contributed by atoms with van der Waals surface area (Å²) in [6.07, 6.45) is 14.9. The van der Waals surface area contributed by atoms with E-state index in [4.69, 9.17) is 4.74 Å². The molecule has 7 heteroatoms. The van der Waals surface area contributed by atoms with Crippen LogP contribution in [0.4, 0.5) is 0 Å². The molecule has 6 aliphatic rings. The highest BCUT2D eigenvalue weighted by Crippen LogP contribution is 2.78. The lowest BCUT2D eigenvalue weighted by molar-refractivity contribution is -0.226. The van der Waals surface area contributed by atoms with Crippen molar-refractivity contribution < 1.29 is 22.7 Å². The van der Waals surface area contributed by atoms with Crippen molar-refractivity contribution in [1.29, 1.82) is 0 Å². The molecule has 0 bridgehead atoms. The number of amides is 1. The standard InChI is InChI=1S/C47H69NO5S/c1-31(2)34-17-23-47(24-20-39(49)48-27-29-54(51,52)30-28-48)26-25-45(9)36(40(34)47)15-16-38-44(8)21-18-35(43(6,7)37(44)19-22-46(38,45)10)32-11-13-33(14-12-32)41(50)53-42(3,4)5/h11-14,18,34,36-38,40H,1,15-17,19-30H2,2-10H3/t34-,36+,37-,38+,40+,44-,45+,46+,47-/m0/s1. The number of rotatable bonds is 6. The molecule has 5 fully saturated rings. The fourth-order valence-corrected chi connectivity index (χ4v) is 15.6. The molecule has 54 heavy (non-hydrogen) atoms. The monoisotopic (exact) mass is 759 g/mol. The molecule has 1 saturated heterocycles. The molecular formula is C47H69NO5S. The summed E-state index contributed by atoms with van der Waals surface area (Å²) in [6, 6.07) is 8.14. The molecule has 0 N–H and O–H groups in total. The number of fused-ring (bicyclic) bond motifs is 7. The first kappa shape index (κ1) is 39.8. The van der Waals surface area contributed by atoms with E-state index in [1.165, 1.54) is 68.1 Å². The Bertz CT molecular complexity index is 1810. The van der Waals surface area contributed by atoms with Gasteiger partial charge in [-0.15, -0.1) is 0 Å². The zero-order valence-electron chi connectivity index (χ0n) is 35.0. The van der Waals surface area contributed by atoms with Gasteiger partial charge in [0.25, 0.3) is 0 Å². The average molecular weight is 760 g/mol. The SMILES string of the molecule is C=C(C)[C@@H]1CC[C@]2(CCC(=O)N3CCS(=O)(=O)CC3)CC[C@]3(C)[C@H](CC[C@@H]4[C@@]5(C)CC=C(c6ccc(C(=O)OC(C)(C)C)cc6)C(C)(C)[C@@H]5CC[C@]43C)[C@@H]12. The van der Waals surface area contributed by atoms with Crippen LogP contribution in [-0.2, 0) is 19.4 Å². The molecule has 0 spiro atoms. The number of hydrogen-bond donors (Lipinski definition) is 0. The summed E-state index contributed by atoms with van der Waals surface area (Å²) in [6.45, 7) is 26.2. The van der Waals surface area contributed by atoms with Crippen molar-refractivity contribution in [2.45, 2.75) is 139 Å². The van der Waals surface area contributed by atoms with Crippen molar-refractivity contribution in [3.8, 4) is 0 Å². The Morgan fingerprint density at radius 3 is 2.17 bits per heavy atom. The van der Waals surface area contributed by atoms with Gasteiger partial charge in [-0.2, -0.15) is 0 Å². The van der Waals surface area contributed by atoms with E-state index in [2.05, 4.69) is 66.3 Å². The molecule has 1 aromatic rings. The first-order chi connectivity index (χ1) is 25.1. The third-order valence-corrected chi connectivity index (χ3v) is 18.8. The van der Waals surface area contributed by atoms with Gasteiger partial charge < -0.3 is 9.64 Å². The predicted molar refractivity (Wildman–Crippen MR) is 218 cm³/mol. The molecule has 0 radical (unpaired) electrons. The molecule has 9 atom stereocenters. The average Bonchev–Trinajstić information content (AvgIpc) is 3.47. The second kappa shape index (κ2) is 13.3. The molecule has 0 aromatic heterocycles. The number of ether oxygens (including phenoxy) is 1. The van der Waals surface area contributed by atoms with Crippen molar-refractivity contribution in [3.05, 3.63) is 53.6 Å². The van der Waals surface area contributed by atoms with Crippen molar-refractivity contribution in [2.24, 2.45) is 56.7 Å². The highest BCUT2D eigenvalue weighted by atomic mass is 32.2. The van der Waals surface area contributed by atoms with Crippen molar-refractivity contribution in [3.63, 3.8) is 0 Å². The number of nitrogens with zero attached hydrogens (tertiary/aromatic N) is 1. The van der Waals surface area contributed by atoms with Crippen LogP contribution in [0.2, 0.25) is 0 Å². The van der Waals surface area contributed by atoms with Gasteiger partial charge in [0.05, 0.1) is 17.1 Å². The topological polar surface area (TPSA) is 80.8 Å². The van der Waals surface area contributed by atoms with Gasteiger partial charge in [0, 0.05) is 19.5 Å². The third-order valence-electron chi connectivity index (χ3n) is 17.2. The fraction of sp³-hybridized carbons (Fsp3) is 0.745. The van der Waals surface area contributed by atoms with Crippen LogP contribution >= 0.6 is 0 Å². The molecule has 6 nitrogen and oxygen atoms in total. The number of hydrogen-bond acceptors (Lipinski definition) is 5. The van der Waals surface area contributed by atoms with Crippen LogP contribution in [0.5, 0.6) is 0 Å². The van der Waals surface area contributed by atoms with Crippen molar-refractivity contribution in [2.75, 3.05) is 24.6 Å². The van der Waals surface area contributed by atoms with Gasteiger partial charge in [-0.25, -0.2) is 13.2 Å². The third kappa shape index (κ3) is 6.37. The van der Waals surface area contributed by atoms with E-state index in [1.807, 2.05) is 37.8 Å². The number of carbonyl (C=O) groups excluding carboxylic acids is 2. The van der Waals surface area contributed by atoms with Crippen LogP contribution in [0.1, 0.15) is 149 Å². The first-order valence-corrected chi connectivity index (χ1v) is 23.1. The lowest BCUT2D eigenvalue weighted by Gasteiger charge is -2.72. The van der Waals surface area contributed by atoms with E-state index >= 15 is 0 Å².